The largest absolute Gasteiger partial charge is 0.508 e. The van der Waals surface area contributed by atoms with E-state index in [1.165, 1.54) is 0 Å². The molecule has 0 radical (unpaired) electrons. The fourth-order valence-electron chi connectivity index (χ4n) is 2.01. The third kappa shape index (κ3) is 2.49. The SMILES string of the molecule is CC(c1ccccc1)n1c(C(=O)O)cc(O)cc1=O. The number of benzene rings is 1. The number of aromatic nitrogens is 1. The van der Waals surface area contributed by atoms with Crippen molar-refractivity contribution in [1.29, 1.82) is 0 Å². The molecule has 1 heterocycles. The number of carboxylic acids is 1. The summed E-state index contributed by atoms with van der Waals surface area (Å²) in [7, 11) is 0. The molecule has 0 saturated carbocycles. The molecule has 19 heavy (non-hydrogen) atoms. The minimum Gasteiger partial charge on any atom is -0.508 e. The van der Waals surface area contributed by atoms with Gasteiger partial charge in [-0.25, -0.2) is 4.79 Å². The zero-order chi connectivity index (χ0) is 14.0. The summed E-state index contributed by atoms with van der Waals surface area (Å²) in [6, 6.07) is 10.8. The quantitative estimate of drug-likeness (QED) is 0.881. The van der Waals surface area contributed by atoms with Crippen molar-refractivity contribution in [3.63, 3.8) is 0 Å². The smallest absolute Gasteiger partial charge is 0.352 e. The van der Waals surface area contributed by atoms with Crippen LogP contribution in [0, 0.1) is 0 Å². The molecule has 1 aromatic heterocycles. The first-order valence-electron chi connectivity index (χ1n) is 5.74. The number of carboxylic acid groups (broad SMARTS) is 1. The van der Waals surface area contributed by atoms with Gasteiger partial charge in [0, 0.05) is 12.1 Å². The molecule has 0 fully saturated rings. The number of rotatable bonds is 3. The molecule has 2 aromatic rings. The van der Waals surface area contributed by atoms with Crippen LogP contribution >= 0.6 is 0 Å². The molecule has 5 heteroatoms. The summed E-state index contributed by atoms with van der Waals surface area (Å²) in [5, 5.41) is 18.5. The van der Waals surface area contributed by atoms with Crippen molar-refractivity contribution in [1.82, 2.24) is 4.57 Å². The third-order valence-electron chi connectivity index (χ3n) is 2.94. The second kappa shape index (κ2) is 4.97. The Labute approximate surface area is 109 Å². The summed E-state index contributed by atoms with van der Waals surface area (Å²) in [6.07, 6.45) is 0. The van der Waals surface area contributed by atoms with Crippen LogP contribution in [0.25, 0.3) is 0 Å². The normalized spacial score (nSPS) is 12.1. The van der Waals surface area contributed by atoms with Crippen LogP contribution in [0.15, 0.2) is 47.3 Å². The fourth-order valence-corrected chi connectivity index (χ4v) is 2.01. The molecule has 5 nitrogen and oxygen atoms in total. The molecule has 2 rings (SSSR count). The van der Waals surface area contributed by atoms with E-state index in [4.69, 9.17) is 5.11 Å². The van der Waals surface area contributed by atoms with Crippen LogP contribution in [0.4, 0.5) is 0 Å². The monoisotopic (exact) mass is 259 g/mol. The molecule has 0 spiro atoms. The van der Waals surface area contributed by atoms with E-state index < -0.39 is 17.6 Å². The minimum absolute atomic E-state index is 0.235. The van der Waals surface area contributed by atoms with Crippen molar-refractivity contribution in [2.24, 2.45) is 0 Å². The van der Waals surface area contributed by atoms with Crippen molar-refractivity contribution in [3.8, 4) is 5.75 Å². The average Bonchev–Trinajstić information content (AvgIpc) is 2.38. The molecule has 0 amide bonds. The molecular formula is C14H13NO4. The first kappa shape index (κ1) is 12.9. The maximum atomic E-state index is 11.9. The number of aromatic hydroxyl groups is 1. The van der Waals surface area contributed by atoms with Gasteiger partial charge in [0.2, 0.25) is 0 Å². The average molecular weight is 259 g/mol. The van der Waals surface area contributed by atoms with Crippen LogP contribution < -0.4 is 5.56 Å². The molecular weight excluding hydrogens is 246 g/mol. The number of pyridine rings is 1. The molecule has 1 unspecified atom stereocenters. The number of carbonyl (C=O) groups is 1. The van der Waals surface area contributed by atoms with Gasteiger partial charge in [-0.1, -0.05) is 30.3 Å². The van der Waals surface area contributed by atoms with E-state index in [1.807, 2.05) is 30.3 Å². The predicted molar refractivity (Wildman–Crippen MR) is 69.6 cm³/mol. The molecule has 0 aliphatic heterocycles. The van der Waals surface area contributed by atoms with E-state index in [1.54, 1.807) is 6.92 Å². The van der Waals surface area contributed by atoms with Gasteiger partial charge in [0.15, 0.2) is 0 Å². The molecule has 0 saturated heterocycles. The summed E-state index contributed by atoms with van der Waals surface area (Å²) in [5.74, 6) is -1.60. The Morgan fingerprint density at radius 3 is 2.42 bits per heavy atom. The van der Waals surface area contributed by atoms with E-state index in [2.05, 4.69) is 0 Å². The van der Waals surface area contributed by atoms with Gasteiger partial charge in [0.1, 0.15) is 11.4 Å². The highest BCUT2D eigenvalue weighted by Crippen LogP contribution is 2.19. The molecule has 98 valence electrons. The van der Waals surface area contributed by atoms with Crippen LogP contribution in [-0.2, 0) is 0 Å². The summed E-state index contributed by atoms with van der Waals surface area (Å²) in [5.41, 5.74) is 0.0351. The van der Waals surface area contributed by atoms with Gasteiger partial charge in [0.05, 0.1) is 6.04 Å². The molecule has 0 aliphatic rings. The number of nitrogens with zero attached hydrogens (tertiary/aromatic N) is 1. The van der Waals surface area contributed by atoms with Crippen molar-refractivity contribution < 1.29 is 15.0 Å². The lowest BCUT2D eigenvalue weighted by atomic mass is 10.1. The van der Waals surface area contributed by atoms with Gasteiger partial charge in [-0.05, 0) is 12.5 Å². The topological polar surface area (TPSA) is 79.5 Å². The van der Waals surface area contributed by atoms with Crippen LogP contribution in [-0.4, -0.2) is 20.7 Å². The van der Waals surface area contributed by atoms with Crippen molar-refractivity contribution in [2.45, 2.75) is 13.0 Å². The van der Waals surface area contributed by atoms with Crippen LogP contribution in [0.2, 0.25) is 0 Å². The lowest BCUT2D eigenvalue weighted by molar-refractivity contribution is 0.0681. The number of hydrogen-bond donors (Lipinski definition) is 2. The second-order valence-corrected chi connectivity index (χ2v) is 4.20. The maximum absolute atomic E-state index is 11.9. The van der Waals surface area contributed by atoms with Crippen LogP contribution in [0.3, 0.4) is 0 Å². The molecule has 1 aromatic carbocycles. The number of aromatic carboxylic acids is 1. The van der Waals surface area contributed by atoms with Crippen molar-refractivity contribution >= 4 is 5.97 Å². The van der Waals surface area contributed by atoms with E-state index in [0.717, 1.165) is 22.3 Å². The van der Waals surface area contributed by atoms with Gasteiger partial charge in [-0.3, -0.25) is 9.36 Å². The van der Waals surface area contributed by atoms with Crippen molar-refractivity contribution in [3.05, 3.63) is 64.1 Å². The fraction of sp³-hybridized carbons (Fsp3) is 0.143. The summed E-state index contributed by atoms with van der Waals surface area (Å²) in [4.78, 5) is 23.1. The zero-order valence-corrected chi connectivity index (χ0v) is 10.3. The Morgan fingerprint density at radius 2 is 1.84 bits per heavy atom. The highest BCUT2D eigenvalue weighted by Gasteiger charge is 2.18. The molecule has 2 N–H and O–H groups in total. The lowest BCUT2D eigenvalue weighted by Gasteiger charge is -2.18. The molecule has 0 aliphatic carbocycles. The molecule has 1 atom stereocenters. The van der Waals surface area contributed by atoms with E-state index in [9.17, 15) is 14.7 Å². The Kier molecular flexibility index (Phi) is 3.37. The maximum Gasteiger partial charge on any atom is 0.352 e. The highest BCUT2D eigenvalue weighted by atomic mass is 16.4. The Hall–Kier alpha value is -2.56. The predicted octanol–water partition coefficient (Wildman–Crippen LogP) is 1.86. The zero-order valence-electron chi connectivity index (χ0n) is 10.3. The van der Waals surface area contributed by atoms with Gasteiger partial charge >= 0.3 is 5.97 Å². The summed E-state index contributed by atoms with van der Waals surface area (Å²) >= 11 is 0. The van der Waals surface area contributed by atoms with Gasteiger partial charge in [-0.2, -0.15) is 0 Å². The summed E-state index contributed by atoms with van der Waals surface area (Å²) < 4.78 is 1.15. The van der Waals surface area contributed by atoms with Crippen LogP contribution in [0.5, 0.6) is 5.75 Å². The first-order chi connectivity index (χ1) is 9.00. The second-order valence-electron chi connectivity index (χ2n) is 4.20. The van der Waals surface area contributed by atoms with Gasteiger partial charge in [-0.15, -0.1) is 0 Å². The highest BCUT2D eigenvalue weighted by molar-refractivity contribution is 5.86. The molecule has 0 bridgehead atoms. The van der Waals surface area contributed by atoms with Gasteiger partial charge < -0.3 is 10.2 Å². The Balaban J connectivity index is 2.62. The van der Waals surface area contributed by atoms with Gasteiger partial charge in [0.25, 0.3) is 5.56 Å². The van der Waals surface area contributed by atoms with E-state index in [0.29, 0.717) is 0 Å². The Bertz CT molecular complexity index is 661. The van der Waals surface area contributed by atoms with E-state index in [-0.39, 0.29) is 11.4 Å². The van der Waals surface area contributed by atoms with E-state index >= 15 is 0 Å². The lowest BCUT2D eigenvalue weighted by Crippen LogP contribution is -2.28. The summed E-state index contributed by atoms with van der Waals surface area (Å²) in [6.45, 7) is 1.74. The minimum atomic E-state index is -1.25. The Morgan fingerprint density at radius 1 is 1.21 bits per heavy atom. The van der Waals surface area contributed by atoms with Crippen molar-refractivity contribution in [2.75, 3.05) is 0 Å². The first-order valence-corrected chi connectivity index (χ1v) is 5.74. The standard InChI is InChI=1S/C14H13NO4/c1-9(10-5-3-2-4-6-10)15-12(14(18)19)7-11(16)8-13(15)17/h2-9,16H,1H3,(H,18,19). The third-order valence-corrected chi connectivity index (χ3v) is 2.94. The number of hydrogen-bond acceptors (Lipinski definition) is 3. The van der Waals surface area contributed by atoms with Crippen LogP contribution in [0.1, 0.15) is 29.0 Å².